The average Bonchev–Trinajstić information content (AvgIpc) is 3.14. The Kier molecular flexibility index (Phi) is 6.66. The standard InChI is InChI=1S/C27H41N3O/c31-26-27(30(21-28-26)18-15-22-9-3-1-4-10-22)16-19-29(20-17-27)25-14-8-7-13-24(25)23-11-5-2-6-12-23/h2,5-6,11-12,22,24-25H,1,3-4,7-10,13-21H2,(H,28,31). The highest BCUT2D eigenvalue weighted by Gasteiger charge is 2.51. The lowest BCUT2D eigenvalue weighted by Gasteiger charge is -2.48. The first kappa shape index (κ1) is 21.5. The van der Waals surface area contributed by atoms with Crippen LogP contribution in [0.3, 0.4) is 0 Å². The first-order valence-corrected chi connectivity index (χ1v) is 13.1. The summed E-state index contributed by atoms with van der Waals surface area (Å²) in [6, 6.07) is 11.8. The minimum Gasteiger partial charge on any atom is -0.342 e. The molecule has 4 heteroatoms. The number of carbonyl (C=O) groups excluding carboxylic acids is 1. The SMILES string of the molecule is O=C1NCN(CCC2CCCCC2)C12CCN(C1CCCCC1c1ccccc1)CC2. The summed E-state index contributed by atoms with van der Waals surface area (Å²) in [5.74, 6) is 1.85. The molecule has 0 bridgehead atoms. The maximum Gasteiger partial charge on any atom is 0.241 e. The molecule has 1 amide bonds. The van der Waals surface area contributed by atoms with Gasteiger partial charge in [0.1, 0.15) is 5.54 Å². The van der Waals surface area contributed by atoms with Crippen molar-refractivity contribution in [1.82, 2.24) is 15.1 Å². The highest BCUT2D eigenvalue weighted by Crippen LogP contribution is 2.40. The molecule has 4 nitrogen and oxygen atoms in total. The maximum absolute atomic E-state index is 13.0. The number of likely N-dealkylation sites (tertiary alicyclic amines) is 1. The topological polar surface area (TPSA) is 35.6 Å². The van der Waals surface area contributed by atoms with Crippen LogP contribution in [0.5, 0.6) is 0 Å². The van der Waals surface area contributed by atoms with E-state index in [2.05, 4.69) is 45.4 Å². The maximum atomic E-state index is 13.0. The number of hydrogen-bond donors (Lipinski definition) is 1. The summed E-state index contributed by atoms with van der Waals surface area (Å²) in [6.45, 7) is 4.00. The monoisotopic (exact) mass is 423 g/mol. The molecule has 4 fully saturated rings. The highest BCUT2D eigenvalue weighted by molar-refractivity contribution is 5.88. The summed E-state index contributed by atoms with van der Waals surface area (Å²) in [7, 11) is 0. The minimum absolute atomic E-state index is 0.234. The number of rotatable bonds is 5. The zero-order valence-corrected chi connectivity index (χ0v) is 19.2. The summed E-state index contributed by atoms with van der Waals surface area (Å²) in [5.41, 5.74) is 1.28. The Labute approximate surface area is 188 Å². The number of hydrogen-bond acceptors (Lipinski definition) is 3. The number of amides is 1. The van der Waals surface area contributed by atoms with Gasteiger partial charge in [-0.2, -0.15) is 0 Å². The van der Waals surface area contributed by atoms with Crippen molar-refractivity contribution in [2.75, 3.05) is 26.3 Å². The van der Waals surface area contributed by atoms with Gasteiger partial charge in [-0.15, -0.1) is 0 Å². The second-order valence-electron chi connectivity index (χ2n) is 10.7. The van der Waals surface area contributed by atoms with E-state index in [0.29, 0.717) is 17.9 Å². The molecule has 0 radical (unpaired) electrons. The van der Waals surface area contributed by atoms with Gasteiger partial charge < -0.3 is 5.32 Å². The van der Waals surface area contributed by atoms with E-state index in [9.17, 15) is 4.79 Å². The Balaban J connectivity index is 1.23. The van der Waals surface area contributed by atoms with Gasteiger partial charge in [-0.05, 0) is 49.5 Å². The molecule has 4 aliphatic rings. The first-order chi connectivity index (χ1) is 15.3. The lowest BCUT2D eigenvalue weighted by atomic mass is 9.77. The quantitative estimate of drug-likeness (QED) is 0.731. The lowest BCUT2D eigenvalue weighted by Crippen LogP contribution is -2.58. The molecule has 170 valence electrons. The summed E-state index contributed by atoms with van der Waals surface area (Å²) >= 11 is 0. The van der Waals surface area contributed by atoms with Crippen molar-refractivity contribution in [2.45, 2.75) is 94.5 Å². The van der Waals surface area contributed by atoms with E-state index in [0.717, 1.165) is 45.1 Å². The molecule has 1 N–H and O–H groups in total. The summed E-state index contributed by atoms with van der Waals surface area (Å²) in [4.78, 5) is 18.3. The van der Waals surface area contributed by atoms with Crippen LogP contribution in [0.2, 0.25) is 0 Å². The van der Waals surface area contributed by atoms with Crippen molar-refractivity contribution >= 4 is 5.91 Å². The van der Waals surface area contributed by atoms with E-state index in [1.54, 1.807) is 0 Å². The van der Waals surface area contributed by atoms with Crippen LogP contribution < -0.4 is 5.32 Å². The molecular formula is C27H41N3O. The molecule has 31 heavy (non-hydrogen) atoms. The molecule has 2 aliphatic carbocycles. The van der Waals surface area contributed by atoms with E-state index < -0.39 is 0 Å². The zero-order valence-electron chi connectivity index (χ0n) is 19.2. The van der Waals surface area contributed by atoms with Gasteiger partial charge in [-0.3, -0.25) is 14.6 Å². The van der Waals surface area contributed by atoms with Gasteiger partial charge in [0.15, 0.2) is 0 Å². The molecule has 0 aromatic heterocycles. The first-order valence-electron chi connectivity index (χ1n) is 13.1. The Bertz CT molecular complexity index is 721. The fourth-order valence-corrected chi connectivity index (χ4v) is 7.14. The van der Waals surface area contributed by atoms with Crippen molar-refractivity contribution < 1.29 is 4.79 Å². The third-order valence-corrected chi connectivity index (χ3v) is 9.04. The third-order valence-electron chi connectivity index (χ3n) is 9.04. The van der Waals surface area contributed by atoms with E-state index in [1.165, 1.54) is 69.8 Å². The van der Waals surface area contributed by atoms with Crippen LogP contribution in [-0.2, 0) is 4.79 Å². The minimum atomic E-state index is -0.234. The molecule has 2 unspecified atom stereocenters. The van der Waals surface area contributed by atoms with Gasteiger partial charge in [0.05, 0.1) is 6.67 Å². The van der Waals surface area contributed by atoms with Crippen molar-refractivity contribution in [3.8, 4) is 0 Å². The Morgan fingerprint density at radius 3 is 2.39 bits per heavy atom. The van der Waals surface area contributed by atoms with Crippen molar-refractivity contribution in [3.63, 3.8) is 0 Å². The van der Waals surface area contributed by atoms with Gasteiger partial charge in [-0.1, -0.05) is 75.3 Å². The second-order valence-corrected chi connectivity index (χ2v) is 10.7. The van der Waals surface area contributed by atoms with Gasteiger partial charge in [0, 0.05) is 25.7 Å². The van der Waals surface area contributed by atoms with E-state index >= 15 is 0 Å². The molecule has 1 aromatic carbocycles. The number of nitrogens with one attached hydrogen (secondary N) is 1. The Morgan fingerprint density at radius 1 is 0.903 bits per heavy atom. The van der Waals surface area contributed by atoms with Gasteiger partial charge in [0.2, 0.25) is 5.91 Å². The van der Waals surface area contributed by atoms with Crippen LogP contribution in [0.4, 0.5) is 0 Å². The average molecular weight is 424 g/mol. The van der Waals surface area contributed by atoms with Gasteiger partial charge in [0.25, 0.3) is 0 Å². The highest BCUT2D eigenvalue weighted by atomic mass is 16.2. The predicted octanol–water partition coefficient (Wildman–Crippen LogP) is 4.91. The van der Waals surface area contributed by atoms with Crippen LogP contribution >= 0.6 is 0 Å². The molecule has 2 heterocycles. The molecule has 2 saturated carbocycles. The molecule has 1 spiro atoms. The lowest BCUT2D eigenvalue weighted by molar-refractivity contribution is -0.129. The summed E-state index contributed by atoms with van der Waals surface area (Å²) in [5, 5.41) is 3.22. The fourth-order valence-electron chi connectivity index (χ4n) is 7.14. The summed E-state index contributed by atoms with van der Waals surface area (Å²) in [6.07, 6.45) is 15.6. The molecule has 2 atom stereocenters. The predicted molar refractivity (Wildman–Crippen MR) is 126 cm³/mol. The van der Waals surface area contributed by atoms with Gasteiger partial charge in [-0.25, -0.2) is 0 Å². The number of benzene rings is 1. The molecule has 2 aliphatic heterocycles. The number of nitrogens with zero attached hydrogens (tertiary/aromatic N) is 2. The van der Waals surface area contributed by atoms with Crippen molar-refractivity contribution in [1.29, 1.82) is 0 Å². The molecule has 5 rings (SSSR count). The van der Waals surface area contributed by atoms with Crippen LogP contribution in [0.1, 0.15) is 88.5 Å². The molecule has 2 saturated heterocycles. The summed E-state index contributed by atoms with van der Waals surface area (Å²) < 4.78 is 0. The third kappa shape index (κ3) is 4.43. The smallest absolute Gasteiger partial charge is 0.241 e. The number of piperidine rings is 1. The van der Waals surface area contributed by atoms with Crippen LogP contribution in [0, 0.1) is 5.92 Å². The van der Waals surface area contributed by atoms with E-state index in [1.807, 2.05) is 0 Å². The van der Waals surface area contributed by atoms with Crippen molar-refractivity contribution in [2.24, 2.45) is 5.92 Å². The van der Waals surface area contributed by atoms with Crippen LogP contribution in [-0.4, -0.2) is 53.6 Å². The normalized spacial score (nSPS) is 30.5. The Hall–Kier alpha value is -1.39. The van der Waals surface area contributed by atoms with Gasteiger partial charge >= 0.3 is 0 Å². The number of carbonyl (C=O) groups is 1. The van der Waals surface area contributed by atoms with Crippen LogP contribution in [0.25, 0.3) is 0 Å². The zero-order chi connectivity index (χ0) is 21.1. The van der Waals surface area contributed by atoms with Crippen molar-refractivity contribution in [3.05, 3.63) is 35.9 Å². The fraction of sp³-hybridized carbons (Fsp3) is 0.741. The largest absolute Gasteiger partial charge is 0.342 e. The van der Waals surface area contributed by atoms with Crippen LogP contribution in [0.15, 0.2) is 30.3 Å². The van der Waals surface area contributed by atoms with E-state index in [4.69, 9.17) is 0 Å². The second kappa shape index (κ2) is 9.62. The molecular weight excluding hydrogens is 382 g/mol. The Morgan fingerprint density at radius 2 is 1.61 bits per heavy atom. The molecule has 1 aromatic rings. The van der Waals surface area contributed by atoms with E-state index in [-0.39, 0.29) is 5.54 Å².